The number of hydrogen-bond donors (Lipinski definition) is 3. The highest BCUT2D eigenvalue weighted by Crippen LogP contribution is 2.26. The van der Waals surface area contributed by atoms with Crippen molar-refractivity contribution in [1.82, 2.24) is 4.72 Å². The zero-order chi connectivity index (χ0) is 13.2. The maximum Gasteiger partial charge on any atom is 0.242 e. The summed E-state index contributed by atoms with van der Waals surface area (Å²) in [6.45, 7) is 1.10. The molecule has 0 saturated carbocycles. The number of sulfonamides is 1. The third kappa shape index (κ3) is 3.29. The van der Waals surface area contributed by atoms with Crippen LogP contribution in [0, 0.1) is 5.82 Å². The number of aliphatic hydroxyl groups is 1. The van der Waals surface area contributed by atoms with E-state index < -0.39 is 21.9 Å². The Kier molecular flexibility index (Phi) is 4.31. The largest absolute Gasteiger partial charge is 0.396 e. The van der Waals surface area contributed by atoms with E-state index in [1.807, 2.05) is 0 Å². The van der Waals surface area contributed by atoms with E-state index in [1.165, 1.54) is 6.92 Å². The molecule has 1 atom stereocenters. The zero-order valence-corrected chi connectivity index (χ0v) is 10.5. The van der Waals surface area contributed by atoms with Gasteiger partial charge >= 0.3 is 0 Å². The van der Waals surface area contributed by atoms with Crippen molar-refractivity contribution in [3.05, 3.63) is 23.0 Å². The molecular weight excluding hydrogens is 271 g/mol. The summed E-state index contributed by atoms with van der Waals surface area (Å²) in [4.78, 5) is -0.321. The predicted molar refractivity (Wildman–Crippen MR) is 62.7 cm³/mol. The highest BCUT2D eigenvalue weighted by molar-refractivity contribution is 7.89. The van der Waals surface area contributed by atoms with Crippen molar-refractivity contribution in [1.29, 1.82) is 0 Å². The Labute approximate surface area is 103 Å². The molecule has 0 bridgehead atoms. The normalized spacial score (nSPS) is 13.6. The molecule has 0 radical (unpaired) electrons. The molecule has 0 aliphatic rings. The van der Waals surface area contributed by atoms with Crippen molar-refractivity contribution in [2.24, 2.45) is 0 Å². The van der Waals surface area contributed by atoms with E-state index in [0.717, 1.165) is 12.1 Å². The molecule has 4 N–H and O–H groups in total. The molecule has 1 unspecified atom stereocenters. The fourth-order valence-corrected chi connectivity index (χ4v) is 2.90. The maximum absolute atomic E-state index is 13.0. The van der Waals surface area contributed by atoms with Gasteiger partial charge in [-0.2, -0.15) is 0 Å². The van der Waals surface area contributed by atoms with Crippen LogP contribution in [0.5, 0.6) is 0 Å². The Balaban J connectivity index is 3.20. The Hall–Kier alpha value is -0.890. The molecule has 0 aliphatic carbocycles. The minimum atomic E-state index is -3.93. The zero-order valence-electron chi connectivity index (χ0n) is 8.94. The molecule has 0 aromatic heterocycles. The van der Waals surface area contributed by atoms with E-state index in [4.69, 9.17) is 22.4 Å². The molecule has 8 heteroatoms. The van der Waals surface area contributed by atoms with Gasteiger partial charge in [-0.3, -0.25) is 0 Å². The molecule has 1 aromatic carbocycles. The van der Waals surface area contributed by atoms with Crippen molar-refractivity contribution >= 4 is 27.3 Å². The van der Waals surface area contributed by atoms with Crippen LogP contribution in [0.3, 0.4) is 0 Å². The third-order valence-corrected chi connectivity index (χ3v) is 4.03. The quantitative estimate of drug-likeness (QED) is 0.710. The van der Waals surface area contributed by atoms with Crippen molar-refractivity contribution in [2.45, 2.75) is 17.9 Å². The summed E-state index contributed by atoms with van der Waals surface area (Å²) in [6.07, 6.45) is 0. The SMILES string of the molecule is CC(CO)NS(=O)(=O)c1cc(N)c(F)cc1Cl. The first-order valence-corrected chi connectivity index (χ1v) is 6.51. The Morgan fingerprint density at radius 1 is 1.59 bits per heavy atom. The molecule has 5 nitrogen and oxygen atoms in total. The van der Waals surface area contributed by atoms with Gasteiger partial charge in [0, 0.05) is 6.04 Å². The van der Waals surface area contributed by atoms with Crippen molar-refractivity contribution < 1.29 is 17.9 Å². The van der Waals surface area contributed by atoms with Crippen LogP contribution < -0.4 is 10.5 Å². The second kappa shape index (κ2) is 5.18. The minimum Gasteiger partial charge on any atom is -0.396 e. The summed E-state index contributed by atoms with van der Waals surface area (Å²) in [7, 11) is -3.93. The van der Waals surface area contributed by atoms with Crippen LogP contribution in [0.1, 0.15) is 6.92 Å². The molecule has 96 valence electrons. The molecule has 0 aliphatic heterocycles. The molecule has 0 spiro atoms. The van der Waals surface area contributed by atoms with Gasteiger partial charge in [0.2, 0.25) is 10.0 Å². The van der Waals surface area contributed by atoms with Gasteiger partial charge in [-0.25, -0.2) is 17.5 Å². The molecule has 0 amide bonds. The summed E-state index contributed by atoms with van der Waals surface area (Å²) in [5.41, 5.74) is 4.96. The molecular formula is C9H12ClFN2O3S. The lowest BCUT2D eigenvalue weighted by atomic mass is 10.3. The van der Waals surface area contributed by atoms with Gasteiger partial charge in [-0.15, -0.1) is 0 Å². The van der Waals surface area contributed by atoms with Crippen LogP contribution in [0.25, 0.3) is 0 Å². The highest BCUT2D eigenvalue weighted by Gasteiger charge is 2.21. The van der Waals surface area contributed by atoms with Gasteiger partial charge in [0.15, 0.2) is 0 Å². The average molecular weight is 283 g/mol. The second-order valence-corrected chi connectivity index (χ2v) is 5.60. The lowest BCUT2D eigenvalue weighted by Crippen LogP contribution is -2.35. The van der Waals surface area contributed by atoms with Gasteiger partial charge in [-0.1, -0.05) is 11.6 Å². The summed E-state index contributed by atoms with van der Waals surface area (Å²) < 4.78 is 38.8. The molecule has 17 heavy (non-hydrogen) atoms. The van der Waals surface area contributed by atoms with E-state index in [2.05, 4.69) is 4.72 Å². The van der Waals surface area contributed by atoms with E-state index >= 15 is 0 Å². The number of nitrogens with one attached hydrogen (secondary N) is 1. The monoisotopic (exact) mass is 282 g/mol. The first-order valence-electron chi connectivity index (χ1n) is 4.65. The van der Waals surface area contributed by atoms with Crippen molar-refractivity contribution in [3.8, 4) is 0 Å². The molecule has 1 rings (SSSR count). The van der Waals surface area contributed by atoms with E-state index in [-0.39, 0.29) is 22.2 Å². The number of benzene rings is 1. The Morgan fingerprint density at radius 2 is 2.18 bits per heavy atom. The molecule has 0 heterocycles. The fourth-order valence-electron chi connectivity index (χ4n) is 1.12. The number of halogens is 2. The van der Waals surface area contributed by atoms with Gasteiger partial charge in [-0.05, 0) is 19.1 Å². The summed E-state index contributed by atoms with van der Waals surface area (Å²) in [5.74, 6) is -0.788. The van der Waals surface area contributed by atoms with Gasteiger partial charge in [0.25, 0.3) is 0 Å². The standard InChI is InChI=1S/C9H12ClFN2O3S/c1-5(4-14)13-17(15,16)9-3-8(12)7(11)2-6(9)10/h2-3,5,13-14H,4,12H2,1H3. The Morgan fingerprint density at radius 3 is 2.71 bits per heavy atom. The van der Waals surface area contributed by atoms with E-state index in [1.54, 1.807) is 0 Å². The third-order valence-electron chi connectivity index (χ3n) is 1.97. The molecule has 0 saturated heterocycles. The smallest absolute Gasteiger partial charge is 0.242 e. The second-order valence-electron chi connectivity index (χ2n) is 3.51. The number of nitrogens with two attached hydrogens (primary N) is 1. The van der Waals surface area contributed by atoms with E-state index in [9.17, 15) is 12.8 Å². The maximum atomic E-state index is 13.0. The number of rotatable bonds is 4. The number of anilines is 1. The Bertz CT molecular complexity index is 521. The van der Waals surface area contributed by atoms with Crippen LogP contribution in [-0.4, -0.2) is 26.2 Å². The lowest BCUT2D eigenvalue weighted by molar-refractivity contribution is 0.265. The van der Waals surface area contributed by atoms with Crippen molar-refractivity contribution in [2.75, 3.05) is 12.3 Å². The fraction of sp³-hybridized carbons (Fsp3) is 0.333. The lowest BCUT2D eigenvalue weighted by Gasteiger charge is -2.13. The first kappa shape index (κ1) is 14.2. The number of aliphatic hydroxyl groups excluding tert-OH is 1. The topological polar surface area (TPSA) is 92.4 Å². The molecule has 1 aromatic rings. The van der Waals surface area contributed by atoms with Gasteiger partial charge < -0.3 is 10.8 Å². The van der Waals surface area contributed by atoms with Crippen LogP contribution in [0.15, 0.2) is 17.0 Å². The van der Waals surface area contributed by atoms with Gasteiger partial charge in [0.1, 0.15) is 10.7 Å². The molecule has 0 fully saturated rings. The first-order chi connectivity index (χ1) is 7.77. The predicted octanol–water partition coefficient (Wildman–Crippen LogP) is 0.720. The minimum absolute atomic E-state index is 0.269. The number of nitrogen functional groups attached to an aromatic ring is 1. The summed E-state index contributed by atoms with van der Waals surface area (Å²) in [5, 5.41) is 8.50. The average Bonchev–Trinajstić information content (AvgIpc) is 2.22. The van der Waals surface area contributed by atoms with E-state index in [0.29, 0.717) is 0 Å². The number of hydrogen-bond acceptors (Lipinski definition) is 4. The van der Waals surface area contributed by atoms with Crippen LogP contribution >= 0.6 is 11.6 Å². The van der Waals surface area contributed by atoms with Crippen molar-refractivity contribution in [3.63, 3.8) is 0 Å². The van der Waals surface area contributed by atoms with Crippen LogP contribution in [0.4, 0.5) is 10.1 Å². The van der Waals surface area contributed by atoms with Gasteiger partial charge in [0.05, 0.1) is 17.3 Å². The van der Waals surface area contributed by atoms with Crippen LogP contribution in [-0.2, 0) is 10.0 Å². The summed E-state index contributed by atoms with van der Waals surface area (Å²) in [6, 6.07) is 1.08. The van der Waals surface area contributed by atoms with Crippen LogP contribution in [0.2, 0.25) is 5.02 Å². The highest BCUT2D eigenvalue weighted by atomic mass is 35.5. The summed E-state index contributed by atoms with van der Waals surface area (Å²) >= 11 is 5.64.